The highest BCUT2D eigenvalue weighted by Gasteiger charge is 2.10. The zero-order chi connectivity index (χ0) is 12.1. The lowest BCUT2D eigenvalue weighted by molar-refractivity contribution is 0.404. The van der Waals surface area contributed by atoms with E-state index in [9.17, 15) is 4.21 Å². The first kappa shape index (κ1) is 12.5. The van der Waals surface area contributed by atoms with E-state index in [1.807, 2.05) is 0 Å². The van der Waals surface area contributed by atoms with Gasteiger partial charge in [-0.1, -0.05) is 12.7 Å². The van der Waals surface area contributed by atoms with E-state index in [1.54, 1.807) is 18.2 Å². The summed E-state index contributed by atoms with van der Waals surface area (Å²) in [6, 6.07) is 3.24. The molecule has 0 saturated carbocycles. The third-order valence-corrected chi connectivity index (χ3v) is 2.36. The second-order valence-corrected chi connectivity index (χ2v) is 3.55. The molecule has 0 amide bonds. The summed E-state index contributed by atoms with van der Waals surface area (Å²) in [5.74, 6) is 0.988. The second kappa shape index (κ2) is 5.53. The second-order valence-electron chi connectivity index (χ2n) is 2.85. The van der Waals surface area contributed by atoms with Crippen LogP contribution in [0, 0.1) is 0 Å². The smallest absolute Gasteiger partial charge is 0.259 e. The van der Waals surface area contributed by atoms with Crippen molar-refractivity contribution in [3.05, 3.63) is 24.3 Å². The molecule has 1 aromatic carbocycles. The molecule has 1 unspecified atom stereocenters. The van der Waals surface area contributed by atoms with Crippen LogP contribution in [-0.2, 0) is 11.3 Å². The van der Waals surface area contributed by atoms with Gasteiger partial charge in [0.15, 0.2) is 0 Å². The summed E-state index contributed by atoms with van der Waals surface area (Å²) in [6.45, 7) is 3.64. The van der Waals surface area contributed by atoms with Crippen LogP contribution in [0.2, 0.25) is 0 Å². The van der Waals surface area contributed by atoms with Crippen LogP contribution in [0.3, 0.4) is 0 Å². The summed E-state index contributed by atoms with van der Waals surface area (Å²) in [5, 5.41) is 0. The number of rotatable bonds is 5. The molecule has 6 heteroatoms. The van der Waals surface area contributed by atoms with Gasteiger partial charge in [-0.05, 0) is 6.07 Å². The van der Waals surface area contributed by atoms with Crippen LogP contribution in [0.5, 0.6) is 11.5 Å². The van der Waals surface area contributed by atoms with Crippen LogP contribution in [0.4, 0.5) is 5.69 Å². The SMILES string of the molecule is C=Cc1cc(OC)c(NS(=O)O)cc1OC. The van der Waals surface area contributed by atoms with Gasteiger partial charge in [0.1, 0.15) is 11.5 Å². The molecular weight excluding hydrogens is 230 g/mol. The molecule has 0 aromatic heterocycles. The Morgan fingerprint density at radius 3 is 2.44 bits per heavy atom. The van der Waals surface area contributed by atoms with Crippen molar-refractivity contribution in [1.82, 2.24) is 0 Å². The Kier molecular flexibility index (Phi) is 4.33. The molecule has 5 nitrogen and oxygen atoms in total. The van der Waals surface area contributed by atoms with Crippen LogP contribution < -0.4 is 14.2 Å². The number of hydrogen-bond acceptors (Lipinski definition) is 3. The van der Waals surface area contributed by atoms with E-state index in [0.29, 0.717) is 17.2 Å². The predicted molar refractivity (Wildman–Crippen MR) is 64.0 cm³/mol. The van der Waals surface area contributed by atoms with E-state index >= 15 is 0 Å². The molecule has 0 aliphatic rings. The van der Waals surface area contributed by atoms with Gasteiger partial charge in [-0.25, -0.2) is 4.21 Å². The van der Waals surface area contributed by atoms with Crippen LogP contribution in [0.15, 0.2) is 18.7 Å². The van der Waals surface area contributed by atoms with E-state index in [0.717, 1.165) is 5.56 Å². The van der Waals surface area contributed by atoms with Gasteiger partial charge in [0.25, 0.3) is 11.3 Å². The van der Waals surface area contributed by atoms with Gasteiger partial charge >= 0.3 is 0 Å². The Morgan fingerprint density at radius 1 is 1.38 bits per heavy atom. The van der Waals surface area contributed by atoms with Gasteiger partial charge in [-0.3, -0.25) is 9.27 Å². The number of methoxy groups -OCH3 is 2. The van der Waals surface area contributed by atoms with E-state index in [-0.39, 0.29) is 0 Å². The van der Waals surface area contributed by atoms with Crippen LogP contribution in [0.1, 0.15) is 5.56 Å². The maximum Gasteiger partial charge on any atom is 0.259 e. The lowest BCUT2D eigenvalue weighted by Crippen LogP contribution is -2.04. The molecule has 1 rings (SSSR count). The standard InChI is InChI=1S/C10H13NO4S/c1-4-7-5-10(15-3)8(11-16(12)13)6-9(7)14-2/h4-6,11H,1H2,2-3H3,(H,12,13). The lowest BCUT2D eigenvalue weighted by Gasteiger charge is -2.12. The third kappa shape index (κ3) is 2.74. The average Bonchev–Trinajstić information content (AvgIpc) is 2.27. The highest BCUT2D eigenvalue weighted by atomic mass is 32.2. The first-order valence-electron chi connectivity index (χ1n) is 4.38. The van der Waals surface area contributed by atoms with Gasteiger partial charge in [0.2, 0.25) is 0 Å². The van der Waals surface area contributed by atoms with Crippen molar-refractivity contribution >= 4 is 23.0 Å². The van der Waals surface area contributed by atoms with Crippen LogP contribution in [-0.4, -0.2) is 23.0 Å². The summed E-state index contributed by atoms with van der Waals surface area (Å²) in [4.78, 5) is 0. The highest BCUT2D eigenvalue weighted by Crippen LogP contribution is 2.33. The quantitative estimate of drug-likeness (QED) is 0.775. The van der Waals surface area contributed by atoms with Gasteiger partial charge in [0, 0.05) is 11.6 Å². The fourth-order valence-corrected chi connectivity index (χ4v) is 1.60. The molecule has 2 N–H and O–H groups in total. The Morgan fingerprint density at radius 2 is 2.00 bits per heavy atom. The maximum atomic E-state index is 10.7. The summed E-state index contributed by atoms with van der Waals surface area (Å²) < 4.78 is 32.0. The fourth-order valence-electron chi connectivity index (χ4n) is 1.25. The summed E-state index contributed by atoms with van der Waals surface area (Å²) in [7, 11) is 2.98. The predicted octanol–water partition coefficient (Wildman–Crippen LogP) is 1.90. The van der Waals surface area contributed by atoms with Gasteiger partial charge in [0.05, 0.1) is 19.9 Å². The van der Waals surface area contributed by atoms with Crippen molar-refractivity contribution in [2.75, 3.05) is 18.9 Å². The molecule has 0 bridgehead atoms. The Balaban J connectivity index is 3.25. The molecule has 1 aromatic rings. The Labute approximate surface area is 96.5 Å². The number of ether oxygens (including phenoxy) is 2. The summed E-state index contributed by atoms with van der Waals surface area (Å²) >= 11 is -2.16. The van der Waals surface area contributed by atoms with Crippen LogP contribution in [0.25, 0.3) is 6.08 Å². The minimum atomic E-state index is -2.16. The molecule has 0 aliphatic heterocycles. The monoisotopic (exact) mass is 243 g/mol. The maximum absolute atomic E-state index is 10.7. The fraction of sp³-hybridized carbons (Fsp3) is 0.200. The number of benzene rings is 1. The zero-order valence-corrected chi connectivity index (χ0v) is 9.84. The minimum absolute atomic E-state index is 0.380. The molecule has 0 fully saturated rings. The molecule has 16 heavy (non-hydrogen) atoms. The van der Waals surface area contributed by atoms with Crippen molar-refractivity contribution in [3.8, 4) is 11.5 Å². The molecule has 0 heterocycles. The highest BCUT2D eigenvalue weighted by molar-refractivity contribution is 7.80. The molecule has 0 saturated heterocycles. The van der Waals surface area contributed by atoms with Crippen molar-refractivity contribution in [2.45, 2.75) is 0 Å². The van der Waals surface area contributed by atoms with Gasteiger partial charge < -0.3 is 9.47 Å². The Hall–Kier alpha value is -1.53. The molecule has 1 atom stereocenters. The average molecular weight is 243 g/mol. The first-order chi connectivity index (χ1) is 7.62. The third-order valence-electron chi connectivity index (χ3n) is 1.97. The molecule has 0 radical (unpaired) electrons. The number of anilines is 1. The molecule has 0 spiro atoms. The first-order valence-corrected chi connectivity index (χ1v) is 5.49. The number of hydrogen-bond donors (Lipinski definition) is 2. The summed E-state index contributed by atoms with van der Waals surface area (Å²) in [6.07, 6.45) is 1.61. The minimum Gasteiger partial charge on any atom is -0.496 e. The lowest BCUT2D eigenvalue weighted by atomic mass is 10.1. The van der Waals surface area contributed by atoms with Crippen molar-refractivity contribution < 1.29 is 18.2 Å². The molecule has 0 aliphatic carbocycles. The van der Waals surface area contributed by atoms with Crippen molar-refractivity contribution in [3.63, 3.8) is 0 Å². The van der Waals surface area contributed by atoms with Gasteiger partial charge in [-0.15, -0.1) is 0 Å². The molecular formula is C10H13NO4S. The van der Waals surface area contributed by atoms with E-state index in [4.69, 9.17) is 14.0 Å². The van der Waals surface area contributed by atoms with E-state index in [1.165, 1.54) is 14.2 Å². The topological polar surface area (TPSA) is 67.8 Å². The normalized spacial score (nSPS) is 11.7. The summed E-state index contributed by atoms with van der Waals surface area (Å²) in [5.41, 5.74) is 1.12. The number of nitrogens with one attached hydrogen (secondary N) is 1. The van der Waals surface area contributed by atoms with Crippen LogP contribution >= 0.6 is 0 Å². The van der Waals surface area contributed by atoms with Crippen molar-refractivity contribution in [2.24, 2.45) is 0 Å². The van der Waals surface area contributed by atoms with E-state index in [2.05, 4.69) is 11.3 Å². The Bertz CT molecular complexity index is 420. The van der Waals surface area contributed by atoms with Crippen molar-refractivity contribution in [1.29, 1.82) is 0 Å². The van der Waals surface area contributed by atoms with Gasteiger partial charge in [-0.2, -0.15) is 0 Å². The molecule has 88 valence electrons. The zero-order valence-electron chi connectivity index (χ0n) is 9.02. The van der Waals surface area contributed by atoms with E-state index < -0.39 is 11.3 Å². The largest absolute Gasteiger partial charge is 0.496 e.